The van der Waals surface area contributed by atoms with E-state index in [0.717, 1.165) is 11.1 Å². The minimum absolute atomic E-state index is 0.0976. The normalized spacial score (nSPS) is 12.4. The van der Waals surface area contributed by atoms with Gasteiger partial charge in [0.25, 0.3) is 0 Å². The van der Waals surface area contributed by atoms with Crippen molar-refractivity contribution in [3.05, 3.63) is 70.0 Å². The summed E-state index contributed by atoms with van der Waals surface area (Å²) in [7, 11) is 0. The average molecular weight is 265 g/mol. The van der Waals surface area contributed by atoms with E-state index in [-0.39, 0.29) is 5.02 Å². The van der Waals surface area contributed by atoms with Crippen molar-refractivity contribution in [2.24, 2.45) is 5.84 Å². The summed E-state index contributed by atoms with van der Waals surface area (Å²) in [6, 6.07) is 12.2. The second-order valence-electron chi connectivity index (χ2n) is 4.16. The van der Waals surface area contributed by atoms with Crippen LogP contribution in [0.2, 0.25) is 5.02 Å². The Hall–Kier alpha value is -1.42. The molecule has 4 heteroatoms. The van der Waals surface area contributed by atoms with Gasteiger partial charge in [-0.15, -0.1) is 0 Å². The second kappa shape index (κ2) is 5.48. The summed E-state index contributed by atoms with van der Waals surface area (Å²) in [6.07, 6.45) is 0. The number of halogens is 2. The van der Waals surface area contributed by atoms with Gasteiger partial charge in [-0.3, -0.25) is 5.84 Å². The molecule has 2 nitrogen and oxygen atoms in total. The summed E-state index contributed by atoms with van der Waals surface area (Å²) in [6.45, 7) is 1.98. The van der Waals surface area contributed by atoms with Crippen LogP contribution < -0.4 is 11.3 Å². The molecule has 18 heavy (non-hydrogen) atoms. The van der Waals surface area contributed by atoms with Crippen molar-refractivity contribution in [3.63, 3.8) is 0 Å². The van der Waals surface area contributed by atoms with Crippen molar-refractivity contribution in [2.45, 2.75) is 13.0 Å². The summed E-state index contributed by atoms with van der Waals surface area (Å²) in [5.41, 5.74) is 5.07. The molecular weight excluding hydrogens is 251 g/mol. The molecule has 0 saturated carbocycles. The maximum atomic E-state index is 14.0. The van der Waals surface area contributed by atoms with Crippen LogP contribution in [-0.2, 0) is 0 Å². The molecule has 0 spiro atoms. The fraction of sp³-hybridized carbons (Fsp3) is 0.143. The minimum Gasteiger partial charge on any atom is -0.271 e. The van der Waals surface area contributed by atoms with Crippen LogP contribution in [-0.4, -0.2) is 0 Å². The van der Waals surface area contributed by atoms with E-state index in [0.29, 0.717) is 5.56 Å². The van der Waals surface area contributed by atoms with Gasteiger partial charge < -0.3 is 0 Å². The number of hydrogen-bond donors (Lipinski definition) is 2. The van der Waals surface area contributed by atoms with Gasteiger partial charge in [0.2, 0.25) is 0 Å². The van der Waals surface area contributed by atoms with Gasteiger partial charge in [0.1, 0.15) is 5.82 Å². The van der Waals surface area contributed by atoms with Gasteiger partial charge in [-0.25, -0.2) is 9.82 Å². The van der Waals surface area contributed by atoms with Crippen molar-refractivity contribution < 1.29 is 4.39 Å². The molecule has 3 N–H and O–H groups in total. The Morgan fingerprint density at radius 2 is 1.94 bits per heavy atom. The van der Waals surface area contributed by atoms with Crippen molar-refractivity contribution >= 4 is 11.6 Å². The maximum absolute atomic E-state index is 14.0. The van der Waals surface area contributed by atoms with Crippen LogP contribution in [0.15, 0.2) is 42.5 Å². The summed E-state index contributed by atoms with van der Waals surface area (Å²) in [4.78, 5) is 0. The summed E-state index contributed by atoms with van der Waals surface area (Å²) in [5.74, 6) is 5.11. The predicted molar refractivity (Wildman–Crippen MR) is 71.8 cm³/mol. The van der Waals surface area contributed by atoms with Gasteiger partial charge in [-0.2, -0.15) is 0 Å². The molecule has 94 valence electrons. The Morgan fingerprint density at radius 3 is 2.61 bits per heavy atom. The van der Waals surface area contributed by atoms with E-state index in [9.17, 15) is 4.39 Å². The van der Waals surface area contributed by atoms with E-state index >= 15 is 0 Å². The number of benzene rings is 2. The topological polar surface area (TPSA) is 38.0 Å². The van der Waals surface area contributed by atoms with Gasteiger partial charge in [-0.1, -0.05) is 53.6 Å². The lowest BCUT2D eigenvalue weighted by Gasteiger charge is -2.18. The highest BCUT2D eigenvalue weighted by Crippen LogP contribution is 2.27. The van der Waals surface area contributed by atoms with Crippen LogP contribution in [0.5, 0.6) is 0 Å². The van der Waals surface area contributed by atoms with Crippen LogP contribution in [0.25, 0.3) is 0 Å². The smallest absolute Gasteiger partial charge is 0.146 e. The zero-order valence-electron chi connectivity index (χ0n) is 9.95. The molecule has 0 fully saturated rings. The first-order chi connectivity index (χ1) is 8.63. The zero-order valence-corrected chi connectivity index (χ0v) is 10.7. The molecule has 0 aliphatic heterocycles. The van der Waals surface area contributed by atoms with E-state index in [1.54, 1.807) is 12.1 Å². The highest BCUT2D eigenvalue weighted by Gasteiger charge is 2.18. The lowest BCUT2D eigenvalue weighted by Crippen LogP contribution is -2.29. The molecule has 0 radical (unpaired) electrons. The van der Waals surface area contributed by atoms with Gasteiger partial charge in [0, 0.05) is 5.56 Å². The fourth-order valence-corrected chi connectivity index (χ4v) is 2.14. The molecule has 0 aliphatic carbocycles. The Bertz CT molecular complexity index is 557. The lowest BCUT2D eigenvalue weighted by molar-refractivity contribution is 0.560. The van der Waals surface area contributed by atoms with E-state index in [2.05, 4.69) is 5.43 Å². The monoisotopic (exact) mass is 264 g/mol. The number of nitrogens with two attached hydrogens (primary N) is 1. The molecule has 2 aromatic carbocycles. The largest absolute Gasteiger partial charge is 0.271 e. The maximum Gasteiger partial charge on any atom is 0.146 e. The van der Waals surface area contributed by atoms with Gasteiger partial charge >= 0.3 is 0 Å². The van der Waals surface area contributed by atoms with Crippen LogP contribution >= 0.6 is 11.6 Å². The fourth-order valence-electron chi connectivity index (χ4n) is 1.96. The van der Waals surface area contributed by atoms with Crippen LogP contribution in [0.3, 0.4) is 0 Å². The molecule has 0 bridgehead atoms. The van der Waals surface area contributed by atoms with E-state index in [1.165, 1.54) is 6.07 Å². The van der Waals surface area contributed by atoms with Crippen molar-refractivity contribution in [2.75, 3.05) is 0 Å². The Kier molecular flexibility index (Phi) is 3.97. The predicted octanol–water partition coefficient (Wildman–Crippen LogP) is 3.34. The van der Waals surface area contributed by atoms with Gasteiger partial charge in [0.15, 0.2) is 0 Å². The average Bonchev–Trinajstić information content (AvgIpc) is 2.35. The third-order valence-electron chi connectivity index (χ3n) is 2.83. The second-order valence-corrected chi connectivity index (χ2v) is 4.56. The van der Waals surface area contributed by atoms with Crippen molar-refractivity contribution in [3.8, 4) is 0 Å². The molecule has 0 saturated heterocycles. The number of nitrogens with one attached hydrogen (secondary N) is 1. The number of hydrazine groups is 1. The minimum atomic E-state index is -0.441. The quantitative estimate of drug-likeness (QED) is 0.659. The molecule has 0 heterocycles. The molecule has 0 amide bonds. The highest BCUT2D eigenvalue weighted by atomic mass is 35.5. The third kappa shape index (κ3) is 2.53. The highest BCUT2D eigenvalue weighted by molar-refractivity contribution is 6.30. The number of rotatable bonds is 3. The van der Waals surface area contributed by atoms with Crippen LogP contribution in [0.4, 0.5) is 4.39 Å². The first kappa shape index (κ1) is 13.0. The van der Waals surface area contributed by atoms with E-state index in [4.69, 9.17) is 17.4 Å². The Morgan fingerprint density at radius 1 is 1.22 bits per heavy atom. The number of aryl methyl sites for hydroxylation is 1. The molecule has 2 aromatic rings. The first-order valence-electron chi connectivity index (χ1n) is 5.60. The molecule has 0 aliphatic rings. The van der Waals surface area contributed by atoms with Gasteiger partial charge in [0.05, 0.1) is 11.1 Å². The molecule has 1 atom stereocenters. The molecule has 1 unspecified atom stereocenters. The van der Waals surface area contributed by atoms with Crippen LogP contribution in [0.1, 0.15) is 22.7 Å². The standard InChI is InChI=1S/C14H14ClFN2/c1-9-4-2-5-10(8-9)14(18-17)11-6-3-7-12(15)13(11)16/h2-8,14,18H,17H2,1H3. The summed E-state index contributed by atoms with van der Waals surface area (Å²) >= 11 is 5.79. The lowest BCUT2D eigenvalue weighted by atomic mass is 9.97. The Labute approximate surface area is 111 Å². The zero-order chi connectivity index (χ0) is 13.1. The van der Waals surface area contributed by atoms with Crippen molar-refractivity contribution in [1.82, 2.24) is 5.43 Å². The van der Waals surface area contributed by atoms with E-state index < -0.39 is 11.9 Å². The summed E-state index contributed by atoms with van der Waals surface area (Å²) < 4.78 is 14.0. The molecule has 0 aromatic heterocycles. The van der Waals surface area contributed by atoms with E-state index in [1.807, 2.05) is 31.2 Å². The summed E-state index contributed by atoms with van der Waals surface area (Å²) in [5, 5.41) is 0.0976. The van der Waals surface area contributed by atoms with Crippen molar-refractivity contribution in [1.29, 1.82) is 0 Å². The molecule has 2 rings (SSSR count). The SMILES string of the molecule is Cc1cccc(C(NN)c2cccc(Cl)c2F)c1. The first-order valence-corrected chi connectivity index (χ1v) is 5.98. The Balaban J connectivity index is 2.49. The number of hydrogen-bond acceptors (Lipinski definition) is 2. The van der Waals surface area contributed by atoms with Crippen LogP contribution in [0, 0.1) is 12.7 Å². The molecular formula is C14H14ClFN2. The third-order valence-corrected chi connectivity index (χ3v) is 3.13. The van der Waals surface area contributed by atoms with Gasteiger partial charge in [-0.05, 0) is 18.6 Å².